The molecule has 0 aliphatic rings. The van der Waals surface area contributed by atoms with Gasteiger partial charge in [0.15, 0.2) is 0 Å². The normalized spacial score (nSPS) is 11.9. The molecular formula is C16H22. The third-order valence-corrected chi connectivity index (χ3v) is 3.15. The number of benzene rings is 1. The average molecular weight is 214 g/mol. The molecule has 1 aromatic carbocycles. The predicted octanol–water partition coefficient (Wildman–Crippen LogP) is 4.77. The van der Waals surface area contributed by atoms with Crippen molar-refractivity contribution in [2.45, 2.75) is 39.5 Å². The molecule has 0 fully saturated rings. The monoisotopic (exact) mass is 214 g/mol. The number of hydrogen-bond donors (Lipinski definition) is 0. The molecule has 0 aromatic heterocycles. The molecule has 0 bridgehead atoms. The summed E-state index contributed by atoms with van der Waals surface area (Å²) < 4.78 is 0. The highest BCUT2D eigenvalue weighted by Crippen LogP contribution is 2.21. The first kappa shape index (κ1) is 12.8. The van der Waals surface area contributed by atoms with Crippen LogP contribution in [0.4, 0.5) is 0 Å². The highest BCUT2D eigenvalue weighted by atomic mass is 14.1. The van der Waals surface area contributed by atoms with Crippen molar-refractivity contribution in [3.8, 4) is 0 Å². The number of hydrogen-bond acceptors (Lipinski definition) is 0. The minimum absolute atomic E-state index is 0.655. The summed E-state index contributed by atoms with van der Waals surface area (Å²) in [6.45, 7) is 8.15. The first-order valence-corrected chi connectivity index (χ1v) is 6.18. The summed E-state index contributed by atoms with van der Waals surface area (Å²) in [6, 6.07) is 10.7. The molecule has 1 atom stereocenters. The van der Waals surface area contributed by atoms with Gasteiger partial charge in [0.25, 0.3) is 0 Å². The number of aryl methyl sites for hydroxylation is 1. The molecule has 0 spiro atoms. The van der Waals surface area contributed by atoms with Gasteiger partial charge in [-0.1, -0.05) is 50.3 Å². The molecular weight excluding hydrogens is 192 g/mol. The summed E-state index contributed by atoms with van der Waals surface area (Å²) in [5.41, 5.74) is 5.80. The van der Waals surface area contributed by atoms with Crippen molar-refractivity contribution in [1.82, 2.24) is 0 Å². The lowest BCUT2D eigenvalue weighted by Crippen LogP contribution is -2.03. The first-order chi connectivity index (χ1) is 7.77. The SMILES string of the molecule is C=C=C(C)C(CCC)CCc1ccccc1. The maximum atomic E-state index is 3.76. The summed E-state index contributed by atoms with van der Waals surface area (Å²) in [5, 5.41) is 0. The van der Waals surface area contributed by atoms with E-state index in [2.05, 4.69) is 56.5 Å². The van der Waals surface area contributed by atoms with Gasteiger partial charge >= 0.3 is 0 Å². The zero-order valence-electron chi connectivity index (χ0n) is 10.5. The summed E-state index contributed by atoms with van der Waals surface area (Å²) in [7, 11) is 0. The van der Waals surface area contributed by atoms with Crippen LogP contribution in [0, 0.1) is 5.92 Å². The first-order valence-electron chi connectivity index (χ1n) is 6.18. The van der Waals surface area contributed by atoms with E-state index < -0.39 is 0 Å². The van der Waals surface area contributed by atoms with Crippen LogP contribution in [0.15, 0.2) is 48.2 Å². The van der Waals surface area contributed by atoms with Crippen molar-refractivity contribution in [3.05, 3.63) is 53.8 Å². The molecule has 86 valence electrons. The minimum atomic E-state index is 0.655. The van der Waals surface area contributed by atoms with E-state index in [9.17, 15) is 0 Å². The Morgan fingerprint density at radius 3 is 2.50 bits per heavy atom. The van der Waals surface area contributed by atoms with E-state index in [1.54, 1.807) is 0 Å². The lowest BCUT2D eigenvalue weighted by atomic mass is 9.90. The lowest BCUT2D eigenvalue weighted by Gasteiger charge is -2.15. The van der Waals surface area contributed by atoms with Crippen LogP contribution in [0.5, 0.6) is 0 Å². The molecule has 1 unspecified atom stereocenters. The smallest absolute Gasteiger partial charge is 0.0127 e. The largest absolute Gasteiger partial charge is 0.130 e. The molecule has 0 radical (unpaired) electrons. The molecule has 0 aliphatic heterocycles. The van der Waals surface area contributed by atoms with Crippen molar-refractivity contribution >= 4 is 0 Å². The highest BCUT2D eigenvalue weighted by molar-refractivity contribution is 5.15. The summed E-state index contributed by atoms with van der Waals surface area (Å²) in [5.74, 6) is 0.655. The third-order valence-electron chi connectivity index (χ3n) is 3.15. The Labute approximate surface area is 99.7 Å². The molecule has 0 amide bonds. The third kappa shape index (κ3) is 4.08. The summed E-state index contributed by atoms with van der Waals surface area (Å²) in [4.78, 5) is 0. The van der Waals surface area contributed by atoms with E-state index in [1.807, 2.05) is 0 Å². The Morgan fingerprint density at radius 2 is 1.94 bits per heavy atom. The van der Waals surface area contributed by atoms with Gasteiger partial charge < -0.3 is 0 Å². The van der Waals surface area contributed by atoms with Crippen LogP contribution < -0.4 is 0 Å². The maximum absolute atomic E-state index is 3.76. The van der Waals surface area contributed by atoms with Crippen molar-refractivity contribution in [1.29, 1.82) is 0 Å². The van der Waals surface area contributed by atoms with E-state index >= 15 is 0 Å². The molecule has 0 saturated heterocycles. The van der Waals surface area contributed by atoms with Crippen LogP contribution in [0.2, 0.25) is 0 Å². The second-order valence-corrected chi connectivity index (χ2v) is 4.37. The zero-order valence-corrected chi connectivity index (χ0v) is 10.5. The van der Waals surface area contributed by atoms with Gasteiger partial charge in [0.2, 0.25) is 0 Å². The summed E-state index contributed by atoms with van der Waals surface area (Å²) >= 11 is 0. The van der Waals surface area contributed by atoms with E-state index in [-0.39, 0.29) is 0 Å². The Bertz CT molecular complexity index is 342. The van der Waals surface area contributed by atoms with Crippen molar-refractivity contribution in [2.24, 2.45) is 5.92 Å². The summed E-state index contributed by atoms with van der Waals surface area (Å²) in [6.07, 6.45) is 4.86. The Hall–Kier alpha value is -1.26. The number of allylic oxidation sites excluding steroid dienone is 1. The fourth-order valence-corrected chi connectivity index (χ4v) is 2.06. The van der Waals surface area contributed by atoms with Crippen LogP contribution in [0.3, 0.4) is 0 Å². The Balaban J connectivity index is 2.53. The molecule has 1 rings (SSSR count). The molecule has 0 heterocycles. The minimum Gasteiger partial charge on any atom is -0.130 e. The van der Waals surface area contributed by atoms with Gasteiger partial charge in [-0.25, -0.2) is 0 Å². The van der Waals surface area contributed by atoms with Crippen LogP contribution in [-0.4, -0.2) is 0 Å². The maximum Gasteiger partial charge on any atom is -0.0127 e. The fraction of sp³-hybridized carbons (Fsp3) is 0.438. The van der Waals surface area contributed by atoms with Crippen molar-refractivity contribution in [3.63, 3.8) is 0 Å². The van der Waals surface area contributed by atoms with E-state index in [0.717, 1.165) is 6.42 Å². The van der Waals surface area contributed by atoms with Crippen molar-refractivity contribution in [2.75, 3.05) is 0 Å². The van der Waals surface area contributed by atoms with E-state index in [1.165, 1.54) is 30.4 Å². The quantitative estimate of drug-likeness (QED) is 0.598. The molecule has 0 heteroatoms. The van der Waals surface area contributed by atoms with Crippen LogP contribution in [0.25, 0.3) is 0 Å². The van der Waals surface area contributed by atoms with Crippen molar-refractivity contribution < 1.29 is 0 Å². The topological polar surface area (TPSA) is 0 Å². The molecule has 0 saturated carbocycles. The Kier molecular flexibility index (Phi) is 5.67. The standard InChI is InChI=1S/C16H22/c1-4-9-16(14(3)5-2)13-12-15-10-7-6-8-11-15/h6-8,10-11,16H,2,4,9,12-13H2,1,3H3. The predicted molar refractivity (Wildman–Crippen MR) is 71.5 cm³/mol. The van der Waals surface area contributed by atoms with Gasteiger partial charge in [-0.2, -0.15) is 0 Å². The highest BCUT2D eigenvalue weighted by Gasteiger charge is 2.09. The van der Waals surface area contributed by atoms with Crippen LogP contribution >= 0.6 is 0 Å². The molecule has 0 N–H and O–H groups in total. The lowest BCUT2D eigenvalue weighted by molar-refractivity contribution is 0.511. The van der Waals surface area contributed by atoms with E-state index in [4.69, 9.17) is 0 Å². The van der Waals surface area contributed by atoms with Crippen LogP contribution in [-0.2, 0) is 6.42 Å². The van der Waals surface area contributed by atoms with Gasteiger partial charge in [-0.05, 0) is 43.2 Å². The van der Waals surface area contributed by atoms with Gasteiger partial charge in [0.1, 0.15) is 0 Å². The fourth-order valence-electron chi connectivity index (χ4n) is 2.06. The van der Waals surface area contributed by atoms with Gasteiger partial charge in [0, 0.05) is 0 Å². The molecule has 1 aromatic rings. The second-order valence-electron chi connectivity index (χ2n) is 4.37. The average Bonchev–Trinajstić information content (AvgIpc) is 2.34. The molecule has 0 nitrogen and oxygen atoms in total. The zero-order chi connectivity index (χ0) is 11.8. The second kappa shape index (κ2) is 7.09. The molecule has 16 heavy (non-hydrogen) atoms. The number of rotatable bonds is 6. The van der Waals surface area contributed by atoms with E-state index in [0.29, 0.717) is 5.92 Å². The van der Waals surface area contributed by atoms with Gasteiger partial charge in [-0.15, -0.1) is 5.73 Å². The van der Waals surface area contributed by atoms with Crippen LogP contribution in [0.1, 0.15) is 38.7 Å². The van der Waals surface area contributed by atoms with Gasteiger partial charge in [-0.3, -0.25) is 0 Å². The Morgan fingerprint density at radius 1 is 1.25 bits per heavy atom. The molecule has 0 aliphatic carbocycles. The van der Waals surface area contributed by atoms with Gasteiger partial charge in [0.05, 0.1) is 0 Å².